The SMILES string of the molecule is CN(C)S(=O)(=O)c1cccc(NC(=O)CN2CCc3sccc3[C@@H]2c2ccccc2)c1. The first kappa shape index (κ1) is 21.7. The number of fused-ring (bicyclic) bond motifs is 1. The van der Waals surface area contributed by atoms with Gasteiger partial charge in [-0.15, -0.1) is 11.3 Å². The number of nitrogens with one attached hydrogen (secondary N) is 1. The van der Waals surface area contributed by atoms with Crippen LogP contribution in [0.3, 0.4) is 0 Å². The molecule has 0 aliphatic carbocycles. The van der Waals surface area contributed by atoms with Gasteiger partial charge in [0.1, 0.15) is 0 Å². The van der Waals surface area contributed by atoms with Crippen LogP contribution in [-0.2, 0) is 21.2 Å². The van der Waals surface area contributed by atoms with Crippen LogP contribution in [0, 0.1) is 0 Å². The Morgan fingerprint density at radius 3 is 2.65 bits per heavy atom. The molecule has 1 amide bonds. The van der Waals surface area contributed by atoms with Gasteiger partial charge in [0.2, 0.25) is 15.9 Å². The summed E-state index contributed by atoms with van der Waals surface area (Å²) >= 11 is 1.77. The van der Waals surface area contributed by atoms with Crippen molar-refractivity contribution in [1.82, 2.24) is 9.21 Å². The number of rotatable bonds is 6. The van der Waals surface area contributed by atoms with Crippen LogP contribution in [0.25, 0.3) is 0 Å². The van der Waals surface area contributed by atoms with E-state index in [1.807, 2.05) is 18.2 Å². The molecule has 0 spiro atoms. The van der Waals surface area contributed by atoms with E-state index < -0.39 is 10.0 Å². The Bertz CT molecular complexity index is 1170. The molecule has 31 heavy (non-hydrogen) atoms. The van der Waals surface area contributed by atoms with Gasteiger partial charge in [-0.25, -0.2) is 12.7 Å². The summed E-state index contributed by atoms with van der Waals surface area (Å²) in [6.45, 7) is 1.01. The molecule has 4 rings (SSSR count). The third-order valence-electron chi connectivity index (χ3n) is 5.42. The molecule has 3 aromatic rings. The van der Waals surface area contributed by atoms with Crippen molar-refractivity contribution >= 4 is 33.0 Å². The van der Waals surface area contributed by atoms with Gasteiger partial charge in [-0.2, -0.15) is 0 Å². The molecule has 0 saturated heterocycles. The number of carbonyl (C=O) groups is 1. The first-order chi connectivity index (χ1) is 14.9. The van der Waals surface area contributed by atoms with E-state index >= 15 is 0 Å². The van der Waals surface area contributed by atoms with E-state index in [2.05, 4.69) is 33.8 Å². The summed E-state index contributed by atoms with van der Waals surface area (Å²) < 4.78 is 25.9. The summed E-state index contributed by atoms with van der Waals surface area (Å²) in [5.74, 6) is -0.168. The second-order valence-corrected chi connectivity index (χ2v) is 10.8. The van der Waals surface area contributed by atoms with Crippen molar-refractivity contribution in [3.05, 3.63) is 82.0 Å². The lowest BCUT2D eigenvalue weighted by Crippen LogP contribution is -2.40. The van der Waals surface area contributed by atoms with Crippen LogP contribution in [0.15, 0.2) is 70.9 Å². The summed E-state index contributed by atoms with van der Waals surface area (Å²) in [6.07, 6.45) is 0.917. The first-order valence-corrected chi connectivity index (χ1v) is 12.4. The number of amides is 1. The quantitative estimate of drug-likeness (QED) is 0.617. The molecule has 6 nitrogen and oxygen atoms in total. The highest BCUT2D eigenvalue weighted by Crippen LogP contribution is 2.37. The van der Waals surface area contributed by atoms with Crippen LogP contribution >= 0.6 is 11.3 Å². The summed E-state index contributed by atoms with van der Waals surface area (Å²) in [5.41, 5.74) is 2.89. The number of sulfonamides is 1. The van der Waals surface area contributed by atoms with Crippen LogP contribution in [0.5, 0.6) is 0 Å². The number of hydrogen-bond donors (Lipinski definition) is 1. The Balaban J connectivity index is 1.53. The normalized spacial score (nSPS) is 16.8. The molecule has 1 atom stereocenters. The van der Waals surface area contributed by atoms with Crippen molar-refractivity contribution in [3.8, 4) is 0 Å². The van der Waals surface area contributed by atoms with E-state index in [1.165, 1.54) is 36.7 Å². The predicted molar refractivity (Wildman–Crippen MR) is 124 cm³/mol. The third kappa shape index (κ3) is 4.57. The predicted octanol–water partition coefficient (Wildman–Crippen LogP) is 3.58. The van der Waals surface area contributed by atoms with Gasteiger partial charge >= 0.3 is 0 Å². The van der Waals surface area contributed by atoms with E-state index in [4.69, 9.17) is 0 Å². The average molecular weight is 456 g/mol. The number of hydrogen-bond acceptors (Lipinski definition) is 5. The molecule has 0 radical (unpaired) electrons. The topological polar surface area (TPSA) is 69.7 Å². The minimum atomic E-state index is -3.56. The fourth-order valence-electron chi connectivity index (χ4n) is 3.89. The summed E-state index contributed by atoms with van der Waals surface area (Å²) in [7, 11) is -0.591. The highest BCUT2D eigenvalue weighted by Gasteiger charge is 2.30. The molecule has 1 aliphatic rings. The molecule has 162 valence electrons. The van der Waals surface area contributed by atoms with E-state index in [0.29, 0.717) is 5.69 Å². The molecule has 1 aromatic heterocycles. The number of benzene rings is 2. The molecule has 1 aliphatic heterocycles. The highest BCUT2D eigenvalue weighted by atomic mass is 32.2. The molecule has 0 fully saturated rings. The van der Waals surface area contributed by atoms with Crippen molar-refractivity contribution < 1.29 is 13.2 Å². The Morgan fingerprint density at radius 2 is 1.90 bits per heavy atom. The summed E-state index contributed by atoms with van der Waals surface area (Å²) in [6, 6.07) is 18.8. The van der Waals surface area contributed by atoms with Crippen LogP contribution in [0.1, 0.15) is 22.0 Å². The van der Waals surface area contributed by atoms with Gasteiger partial charge in [0, 0.05) is 31.2 Å². The van der Waals surface area contributed by atoms with Crippen molar-refractivity contribution in [2.75, 3.05) is 32.5 Å². The zero-order valence-corrected chi connectivity index (χ0v) is 19.1. The molecule has 2 aromatic carbocycles. The largest absolute Gasteiger partial charge is 0.325 e. The lowest BCUT2D eigenvalue weighted by atomic mass is 9.93. The zero-order valence-electron chi connectivity index (χ0n) is 17.5. The number of thiophene rings is 1. The standard InChI is InChI=1S/C23H25N3O3S2/c1-25(2)31(28,29)19-10-6-9-18(15-19)24-22(27)16-26-13-11-21-20(12-14-30-21)23(26)17-7-4-3-5-8-17/h3-10,12,14-15,23H,11,13,16H2,1-2H3,(H,24,27)/t23-/m0/s1. The fraction of sp³-hybridized carbons (Fsp3) is 0.261. The van der Waals surface area contributed by atoms with Crippen molar-refractivity contribution in [2.24, 2.45) is 0 Å². The van der Waals surface area contributed by atoms with Gasteiger partial charge in [0.15, 0.2) is 0 Å². The Labute approximate surface area is 187 Å². The smallest absolute Gasteiger partial charge is 0.242 e. The molecule has 1 N–H and O–H groups in total. The maximum Gasteiger partial charge on any atom is 0.242 e. The third-order valence-corrected chi connectivity index (χ3v) is 8.23. The Morgan fingerprint density at radius 1 is 1.13 bits per heavy atom. The van der Waals surface area contributed by atoms with E-state index in [9.17, 15) is 13.2 Å². The molecule has 8 heteroatoms. The molecule has 2 heterocycles. The minimum Gasteiger partial charge on any atom is -0.325 e. The Hall–Kier alpha value is -2.52. The zero-order chi connectivity index (χ0) is 22.0. The Kier molecular flexibility index (Phi) is 6.24. The van der Waals surface area contributed by atoms with Gasteiger partial charge < -0.3 is 5.32 Å². The fourth-order valence-corrected chi connectivity index (χ4v) is 5.75. The van der Waals surface area contributed by atoms with Gasteiger partial charge in [0.05, 0.1) is 17.5 Å². The van der Waals surface area contributed by atoms with Gasteiger partial charge in [-0.05, 0) is 47.2 Å². The average Bonchev–Trinajstić information content (AvgIpc) is 3.23. The second-order valence-electron chi connectivity index (χ2n) is 7.70. The molecule has 0 unspecified atom stereocenters. The lowest BCUT2D eigenvalue weighted by Gasteiger charge is -2.35. The van der Waals surface area contributed by atoms with Crippen LogP contribution in [0.2, 0.25) is 0 Å². The lowest BCUT2D eigenvalue weighted by molar-refractivity contribution is -0.117. The van der Waals surface area contributed by atoms with Crippen molar-refractivity contribution in [2.45, 2.75) is 17.4 Å². The molecule has 0 saturated carbocycles. The minimum absolute atomic E-state index is 0.0300. The molecular weight excluding hydrogens is 430 g/mol. The van der Waals surface area contributed by atoms with E-state index in [1.54, 1.807) is 23.5 Å². The van der Waals surface area contributed by atoms with Crippen molar-refractivity contribution in [1.29, 1.82) is 0 Å². The van der Waals surface area contributed by atoms with E-state index in [-0.39, 0.29) is 23.4 Å². The number of anilines is 1. The highest BCUT2D eigenvalue weighted by molar-refractivity contribution is 7.89. The van der Waals surface area contributed by atoms with E-state index in [0.717, 1.165) is 22.8 Å². The van der Waals surface area contributed by atoms with Gasteiger partial charge in [-0.1, -0.05) is 36.4 Å². The number of carbonyl (C=O) groups excluding carboxylic acids is 1. The van der Waals surface area contributed by atoms with Crippen molar-refractivity contribution in [3.63, 3.8) is 0 Å². The maximum atomic E-state index is 12.9. The summed E-state index contributed by atoms with van der Waals surface area (Å²) in [5, 5.41) is 4.98. The van der Waals surface area contributed by atoms with Crippen LogP contribution < -0.4 is 5.32 Å². The first-order valence-electron chi connectivity index (χ1n) is 10.0. The van der Waals surface area contributed by atoms with Crippen LogP contribution in [0.4, 0.5) is 5.69 Å². The maximum absolute atomic E-state index is 12.9. The monoisotopic (exact) mass is 455 g/mol. The van der Waals surface area contributed by atoms with Gasteiger partial charge in [0.25, 0.3) is 0 Å². The molecule has 0 bridgehead atoms. The molecular formula is C23H25N3O3S2. The van der Waals surface area contributed by atoms with Gasteiger partial charge in [-0.3, -0.25) is 9.69 Å². The number of nitrogens with zero attached hydrogens (tertiary/aromatic N) is 2. The van der Waals surface area contributed by atoms with Crippen LogP contribution in [-0.4, -0.2) is 50.7 Å². The summed E-state index contributed by atoms with van der Waals surface area (Å²) in [4.78, 5) is 16.6. The second kappa shape index (κ2) is 8.92.